The van der Waals surface area contributed by atoms with Gasteiger partial charge in [-0.2, -0.15) is 0 Å². The maximum absolute atomic E-state index is 6.18. The molecular weight excluding hydrogens is 401 g/mol. The fraction of sp³-hybridized carbons (Fsp3) is 0.611. The Bertz CT molecular complexity index is 511. The van der Waals surface area contributed by atoms with E-state index in [9.17, 15) is 0 Å². The molecule has 2 aliphatic rings. The molecular formula is C18H28IN3O. The Kier molecular flexibility index (Phi) is 7.46. The Labute approximate surface area is 156 Å². The fourth-order valence-corrected chi connectivity index (χ4v) is 2.84. The van der Waals surface area contributed by atoms with Gasteiger partial charge in [-0.1, -0.05) is 18.2 Å². The molecule has 0 aliphatic heterocycles. The van der Waals surface area contributed by atoms with E-state index in [1.807, 2.05) is 6.07 Å². The van der Waals surface area contributed by atoms with Crippen molar-refractivity contribution >= 4 is 29.9 Å². The van der Waals surface area contributed by atoms with Crippen LogP contribution >= 0.6 is 24.0 Å². The SMILES string of the molecule is CCNC(=NCc1ccccc1OC1CCCC1)NC1CC1.I. The summed E-state index contributed by atoms with van der Waals surface area (Å²) in [5, 5.41) is 6.77. The van der Waals surface area contributed by atoms with Crippen LogP contribution in [-0.4, -0.2) is 24.7 Å². The molecule has 4 nitrogen and oxygen atoms in total. The first-order valence-corrected chi connectivity index (χ1v) is 8.64. The zero-order chi connectivity index (χ0) is 15.2. The van der Waals surface area contributed by atoms with Gasteiger partial charge in [0.2, 0.25) is 0 Å². The normalized spacial score (nSPS) is 18.4. The molecule has 3 rings (SSSR count). The summed E-state index contributed by atoms with van der Waals surface area (Å²) < 4.78 is 6.18. The van der Waals surface area contributed by atoms with Crippen LogP contribution in [0.4, 0.5) is 0 Å². The average Bonchev–Trinajstić information content (AvgIpc) is 3.20. The number of rotatable bonds is 6. The Hall–Kier alpha value is -0.980. The van der Waals surface area contributed by atoms with E-state index in [2.05, 4.69) is 35.8 Å². The van der Waals surface area contributed by atoms with Crippen LogP contribution in [0.3, 0.4) is 0 Å². The summed E-state index contributed by atoms with van der Waals surface area (Å²) in [5.74, 6) is 1.92. The van der Waals surface area contributed by atoms with Gasteiger partial charge in [-0.25, -0.2) is 4.99 Å². The van der Waals surface area contributed by atoms with Crippen LogP contribution in [0.1, 0.15) is 51.0 Å². The van der Waals surface area contributed by atoms with Crippen molar-refractivity contribution in [2.24, 2.45) is 4.99 Å². The molecule has 0 bridgehead atoms. The second kappa shape index (κ2) is 9.35. The van der Waals surface area contributed by atoms with Gasteiger partial charge in [-0.05, 0) is 51.5 Å². The van der Waals surface area contributed by atoms with Crippen molar-refractivity contribution < 1.29 is 4.74 Å². The number of hydrogen-bond acceptors (Lipinski definition) is 2. The Morgan fingerprint density at radius 3 is 2.61 bits per heavy atom. The van der Waals surface area contributed by atoms with Crippen molar-refractivity contribution in [1.82, 2.24) is 10.6 Å². The number of aliphatic imine (C=N–C) groups is 1. The lowest BCUT2D eigenvalue weighted by Crippen LogP contribution is -2.38. The number of nitrogens with zero attached hydrogens (tertiary/aromatic N) is 1. The van der Waals surface area contributed by atoms with Crippen LogP contribution in [0.25, 0.3) is 0 Å². The minimum atomic E-state index is 0. The second-order valence-corrected chi connectivity index (χ2v) is 6.25. The van der Waals surface area contributed by atoms with Gasteiger partial charge >= 0.3 is 0 Å². The van der Waals surface area contributed by atoms with Crippen molar-refractivity contribution in [2.75, 3.05) is 6.54 Å². The minimum absolute atomic E-state index is 0. The number of guanidine groups is 1. The molecule has 0 aromatic heterocycles. The predicted molar refractivity (Wildman–Crippen MR) is 106 cm³/mol. The topological polar surface area (TPSA) is 45.7 Å². The van der Waals surface area contributed by atoms with E-state index in [1.54, 1.807) is 0 Å². The Morgan fingerprint density at radius 2 is 1.91 bits per heavy atom. The smallest absolute Gasteiger partial charge is 0.191 e. The maximum atomic E-state index is 6.18. The van der Waals surface area contributed by atoms with Crippen molar-refractivity contribution in [1.29, 1.82) is 0 Å². The lowest BCUT2D eigenvalue weighted by atomic mass is 10.2. The van der Waals surface area contributed by atoms with Crippen molar-refractivity contribution in [3.63, 3.8) is 0 Å². The molecule has 23 heavy (non-hydrogen) atoms. The van der Waals surface area contributed by atoms with Crippen LogP contribution in [0.15, 0.2) is 29.3 Å². The Morgan fingerprint density at radius 1 is 1.17 bits per heavy atom. The molecule has 0 heterocycles. The van der Waals surface area contributed by atoms with Crippen molar-refractivity contribution in [2.45, 2.75) is 64.1 Å². The highest BCUT2D eigenvalue weighted by Gasteiger charge is 2.22. The molecule has 0 spiro atoms. The summed E-state index contributed by atoms with van der Waals surface area (Å²) >= 11 is 0. The van der Waals surface area contributed by atoms with E-state index in [1.165, 1.54) is 44.1 Å². The van der Waals surface area contributed by atoms with Gasteiger partial charge in [0.25, 0.3) is 0 Å². The van der Waals surface area contributed by atoms with Crippen molar-refractivity contribution in [3.8, 4) is 5.75 Å². The van der Waals surface area contributed by atoms with Gasteiger partial charge in [-0.3, -0.25) is 0 Å². The zero-order valence-electron chi connectivity index (χ0n) is 13.9. The zero-order valence-corrected chi connectivity index (χ0v) is 16.2. The quantitative estimate of drug-likeness (QED) is 0.410. The minimum Gasteiger partial charge on any atom is -0.490 e. The molecule has 1 aromatic carbocycles. The summed E-state index contributed by atoms with van der Waals surface area (Å²) in [5.41, 5.74) is 1.17. The first kappa shape index (κ1) is 18.4. The highest BCUT2D eigenvalue weighted by Crippen LogP contribution is 2.27. The van der Waals surface area contributed by atoms with Gasteiger partial charge < -0.3 is 15.4 Å². The molecule has 2 aliphatic carbocycles. The number of benzene rings is 1. The number of halogens is 1. The van der Waals surface area contributed by atoms with E-state index in [0.29, 0.717) is 18.7 Å². The highest BCUT2D eigenvalue weighted by atomic mass is 127. The third-order valence-electron chi connectivity index (χ3n) is 4.24. The molecule has 0 radical (unpaired) electrons. The monoisotopic (exact) mass is 429 g/mol. The summed E-state index contributed by atoms with van der Waals surface area (Å²) in [6, 6.07) is 8.92. The summed E-state index contributed by atoms with van der Waals surface area (Å²) in [7, 11) is 0. The largest absolute Gasteiger partial charge is 0.490 e. The molecule has 0 amide bonds. The maximum Gasteiger partial charge on any atom is 0.191 e. The second-order valence-electron chi connectivity index (χ2n) is 6.25. The summed E-state index contributed by atoms with van der Waals surface area (Å²) in [6.07, 6.45) is 7.86. The van der Waals surface area contributed by atoms with E-state index in [4.69, 9.17) is 9.73 Å². The summed E-state index contributed by atoms with van der Waals surface area (Å²) in [6.45, 7) is 3.64. The van der Waals surface area contributed by atoms with Crippen LogP contribution in [0, 0.1) is 0 Å². The third-order valence-corrected chi connectivity index (χ3v) is 4.24. The molecule has 0 unspecified atom stereocenters. The number of para-hydroxylation sites is 1. The lowest BCUT2D eigenvalue weighted by Gasteiger charge is -2.16. The lowest BCUT2D eigenvalue weighted by molar-refractivity contribution is 0.208. The van der Waals surface area contributed by atoms with Gasteiger partial charge in [0.1, 0.15) is 5.75 Å². The third kappa shape index (κ3) is 5.86. The van der Waals surface area contributed by atoms with E-state index in [-0.39, 0.29) is 24.0 Å². The van der Waals surface area contributed by atoms with Crippen LogP contribution < -0.4 is 15.4 Å². The van der Waals surface area contributed by atoms with Crippen molar-refractivity contribution in [3.05, 3.63) is 29.8 Å². The van der Waals surface area contributed by atoms with Crippen LogP contribution in [-0.2, 0) is 6.54 Å². The average molecular weight is 429 g/mol. The number of ether oxygens (including phenoxy) is 1. The first-order valence-electron chi connectivity index (χ1n) is 8.64. The molecule has 128 valence electrons. The van der Waals surface area contributed by atoms with Gasteiger partial charge in [0.15, 0.2) is 5.96 Å². The molecule has 0 saturated heterocycles. The van der Waals surface area contributed by atoms with Crippen LogP contribution in [0.5, 0.6) is 5.75 Å². The predicted octanol–water partition coefficient (Wildman–Crippen LogP) is 3.84. The van der Waals surface area contributed by atoms with E-state index < -0.39 is 0 Å². The molecule has 0 atom stereocenters. The summed E-state index contributed by atoms with van der Waals surface area (Å²) in [4.78, 5) is 4.71. The van der Waals surface area contributed by atoms with Gasteiger partial charge in [-0.15, -0.1) is 24.0 Å². The highest BCUT2D eigenvalue weighted by molar-refractivity contribution is 14.0. The van der Waals surface area contributed by atoms with E-state index >= 15 is 0 Å². The first-order chi connectivity index (χ1) is 10.8. The standard InChI is InChI=1S/C18H27N3O.HI/c1-2-19-18(21-15-11-12-15)20-13-14-7-3-6-10-17(14)22-16-8-4-5-9-16;/h3,6-7,10,15-16H,2,4-5,8-9,11-13H2,1H3,(H2,19,20,21);1H. The number of nitrogens with one attached hydrogen (secondary N) is 2. The van der Waals surface area contributed by atoms with E-state index in [0.717, 1.165) is 18.3 Å². The Balaban J connectivity index is 0.00000192. The van der Waals surface area contributed by atoms with Gasteiger partial charge in [0, 0.05) is 18.2 Å². The van der Waals surface area contributed by atoms with Gasteiger partial charge in [0.05, 0.1) is 12.6 Å². The molecule has 2 fully saturated rings. The molecule has 1 aromatic rings. The fourth-order valence-electron chi connectivity index (χ4n) is 2.84. The molecule has 2 N–H and O–H groups in total. The van der Waals surface area contributed by atoms with Crippen LogP contribution in [0.2, 0.25) is 0 Å². The number of hydrogen-bond donors (Lipinski definition) is 2. The molecule has 5 heteroatoms. The molecule has 2 saturated carbocycles.